The molecule has 3 rings (SSSR count). The monoisotopic (exact) mass is 416 g/mol. The molecule has 1 aliphatic carbocycles. The largest absolute Gasteiger partial charge is 0.460 e. The van der Waals surface area contributed by atoms with Gasteiger partial charge in [-0.25, -0.2) is 13.1 Å². The number of hydrogen-bond donors (Lipinski definition) is 1. The number of esters is 2. The Morgan fingerprint density at radius 3 is 2.46 bits per heavy atom. The number of rotatable bonds is 6. The second-order valence-electron chi connectivity index (χ2n) is 8.79. The van der Waals surface area contributed by atoms with E-state index in [-0.39, 0.29) is 25.4 Å². The fourth-order valence-electron chi connectivity index (χ4n) is 4.20. The molecule has 0 radical (unpaired) electrons. The number of likely N-dealkylation sites (tertiary alicyclic amines) is 1. The lowest BCUT2D eigenvalue weighted by molar-refractivity contribution is -0.168. The Labute approximate surface area is 167 Å². The number of nitrogens with zero attached hydrogens (tertiary/aromatic N) is 1. The summed E-state index contributed by atoms with van der Waals surface area (Å²) in [5.41, 5.74) is -0.663. The molecule has 3 aliphatic rings. The first-order valence-corrected chi connectivity index (χ1v) is 11.8. The van der Waals surface area contributed by atoms with Crippen LogP contribution in [-0.2, 0) is 29.1 Å². The Balaban J connectivity index is 1.67. The molecular formula is C19H32N2O6S. The lowest BCUT2D eigenvalue weighted by Crippen LogP contribution is -2.46. The minimum atomic E-state index is -3.63. The molecule has 0 aromatic rings. The third-order valence-electron chi connectivity index (χ3n) is 6.20. The maximum Gasteiger partial charge on any atom is 0.320 e. The second kappa shape index (κ2) is 8.28. The molecule has 4 unspecified atom stereocenters. The highest BCUT2D eigenvalue weighted by Gasteiger charge is 2.55. The molecule has 2 saturated heterocycles. The van der Waals surface area contributed by atoms with Gasteiger partial charge in [0.2, 0.25) is 10.0 Å². The predicted molar refractivity (Wildman–Crippen MR) is 103 cm³/mol. The van der Waals surface area contributed by atoms with E-state index >= 15 is 0 Å². The van der Waals surface area contributed by atoms with Gasteiger partial charge in [-0.15, -0.1) is 0 Å². The highest BCUT2D eigenvalue weighted by Crippen LogP contribution is 2.38. The zero-order valence-corrected chi connectivity index (χ0v) is 17.8. The highest BCUT2D eigenvalue weighted by molar-refractivity contribution is 7.90. The van der Waals surface area contributed by atoms with Gasteiger partial charge in [-0.05, 0) is 52.6 Å². The van der Waals surface area contributed by atoms with Gasteiger partial charge in [0.05, 0.1) is 23.8 Å². The predicted octanol–water partition coefficient (Wildman–Crippen LogP) is 1.20. The van der Waals surface area contributed by atoms with Crippen LogP contribution in [0.3, 0.4) is 0 Å². The molecule has 160 valence electrons. The number of carbonyl (C=O) groups excluding carboxylic acids is 2. The van der Waals surface area contributed by atoms with Gasteiger partial charge in [-0.2, -0.15) is 0 Å². The highest BCUT2D eigenvalue weighted by atomic mass is 32.2. The molecule has 1 saturated carbocycles. The first-order chi connectivity index (χ1) is 13.1. The second-order valence-corrected chi connectivity index (χ2v) is 10.7. The van der Waals surface area contributed by atoms with Crippen molar-refractivity contribution >= 4 is 22.0 Å². The zero-order valence-electron chi connectivity index (χ0n) is 17.0. The molecule has 1 N–H and O–H groups in total. The van der Waals surface area contributed by atoms with Crippen LogP contribution in [0.25, 0.3) is 0 Å². The maximum absolute atomic E-state index is 12.7. The Morgan fingerprint density at radius 1 is 1.14 bits per heavy atom. The van der Waals surface area contributed by atoms with E-state index in [2.05, 4.69) is 9.62 Å². The van der Waals surface area contributed by atoms with Crippen LogP contribution in [0, 0.1) is 5.92 Å². The Kier molecular flexibility index (Phi) is 6.36. The van der Waals surface area contributed by atoms with Crippen LogP contribution in [0.15, 0.2) is 0 Å². The van der Waals surface area contributed by atoms with Crippen molar-refractivity contribution in [3.63, 3.8) is 0 Å². The van der Waals surface area contributed by atoms with E-state index in [9.17, 15) is 18.0 Å². The van der Waals surface area contributed by atoms with Gasteiger partial charge >= 0.3 is 11.9 Å². The Morgan fingerprint density at radius 2 is 1.82 bits per heavy atom. The summed E-state index contributed by atoms with van der Waals surface area (Å²) in [6.07, 6.45) is 3.73. The van der Waals surface area contributed by atoms with E-state index in [1.165, 1.54) is 6.42 Å². The van der Waals surface area contributed by atoms with Crippen LogP contribution in [0.5, 0.6) is 0 Å². The smallest absolute Gasteiger partial charge is 0.320 e. The van der Waals surface area contributed by atoms with Crippen LogP contribution < -0.4 is 4.72 Å². The van der Waals surface area contributed by atoms with Crippen LogP contribution in [0.1, 0.15) is 59.3 Å². The summed E-state index contributed by atoms with van der Waals surface area (Å²) < 4.78 is 38.7. The lowest BCUT2D eigenvalue weighted by atomic mass is 9.83. The van der Waals surface area contributed by atoms with Crippen LogP contribution in [-0.4, -0.2) is 67.9 Å². The van der Waals surface area contributed by atoms with Gasteiger partial charge in [0.15, 0.2) is 0 Å². The number of sulfonamides is 1. The van der Waals surface area contributed by atoms with E-state index in [4.69, 9.17) is 9.47 Å². The summed E-state index contributed by atoms with van der Waals surface area (Å²) in [7, 11) is -3.63. The van der Waals surface area contributed by atoms with Crippen molar-refractivity contribution < 1.29 is 27.5 Å². The van der Waals surface area contributed by atoms with Gasteiger partial charge < -0.3 is 9.47 Å². The van der Waals surface area contributed by atoms with Crippen molar-refractivity contribution in [2.45, 2.75) is 82.3 Å². The molecule has 2 heterocycles. The summed E-state index contributed by atoms with van der Waals surface area (Å²) in [6, 6.07) is -0.469. The summed E-state index contributed by atoms with van der Waals surface area (Å²) in [6.45, 7) is 7.46. The van der Waals surface area contributed by atoms with Crippen molar-refractivity contribution in [2.24, 2.45) is 5.92 Å². The molecule has 28 heavy (non-hydrogen) atoms. The molecule has 0 aromatic heterocycles. The van der Waals surface area contributed by atoms with E-state index in [0.717, 1.165) is 25.9 Å². The minimum absolute atomic E-state index is 0.173. The average molecular weight is 417 g/mol. The molecule has 0 amide bonds. The first-order valence-electron chi connectivity index (χ1n) is 10.3. The van der Waals surface area contributed by atoms with Crippen molar-refractivity contribution in [1.82, 2.24) is 9.62 Å². The quantitative estimate of drug-likeness (QED) is 0.649. The summed E-state index contributed by atoms with van der Waals surface area (Å²) in [5.74, 6) is -1.72. The number of ether oxygens (including phenoxy) is 2. The van der Waals surface area contributed by atoms with E-state index < -0.39 is 44.9 Å². The normalized spacial score (nSPS) is 32.7. The van der Waals surface area contributed by atoms with Crippen molar-refractivity contribution in [1.29, 1.82) is 0 Å². The fourth-order valence-corrected chi connectivity index (χ4v) is 6.16. The molecule has 3 fully saturated rings. The van der Waals surface area contributed by atoms with E-state index in [1.807, 2.05) is 6.92 Å². The third kappa shape index (κ3) is 4.86. The summed E-state index contributed by atoms with van der Waals surface area (Å²) >= 11 is 0. The van der Waals surface area contributed by atoms with Gasteiger partial charge in [-0.3, -0.25) is 14.5 Å². The van der Waals surface area contributed by atoms with Gasteiger partial charge in [0, 0.05) is 6.42 Å². The van der Waals surface area contributed by atoms with Gasteiger partial charge in [0.1, 0.15) is 11.7 Å². The number of nitrogens with one attached hydrogen (secondary N) is 1. The minimum Gasteiger partial charge on any atom is -0.460 e. The van der Waals surface area contributed by atoms with Crippen LogP contribution in [0.4, 0.5) is 0 Å². The molecule has 2 aliphatic heterocycles. The number of fused-ring (bicyclic) bond motifs is 2. The molecule has 4 atom stereocenters. The van der Waals surface area contributed by atoms with E-state index in [0.29, 0.717) is 6.42 Å². The maximum atomic E-state index is 12.7. The third-order valence-corrected chi connectivity index (χ3v) is 8.15. The fraction of sp³-hybridized carbons (Fsp3) is 0.895. The van der Waals surface area contributed by atoms with Gasteiger partial charge in [-0.1, -0.05) is 13.3 Å². The van der Waals surface area contributed by atoms with E-state index in [1.54, 1.807) is 13.8 Å². The van der Waals surface area contributed by atoms with Crippen molar-refractivity contribution in [3.05, 3.63) is 0 Å². The average Bonchev–Trinajstić information content (AvgIpc) is 2.89. The molecule has 0 aromatic carbocycles. The number of carbonyl (C=O) groups is 2. The van der Waals surface area contributed by atoms with Crippen LogP contribution >= 0.6 is 0 Å². The van der Waals surface area contributed by atoms with Crippen molar-refractivity contribution in [2.75, 3.05) is 19.6 Å². The molecule has 2 bridgehead atoms. The standard InChI is InChI=1S/C19H32N2O6S/c1-4-19(2,3)27-18(23)13-10-15(14-11-16(13)28(24,25)20-14)26-17(22)12-21-8-6-5-7-9-21/h13-16,20H,4-12H2,1-3H3. The lowest BCUT2D eigenvalue weighted by Gasteiger charge is -2.34. The van der Waals surface area contributed by atoms with Gasteiger partial charge in [0.25, 0.3) is 0 Å². The Hall–Kier alpha value is -1.19. The SMILES string of the molecule is CCC(C)(C)OC(=O)C1CC(OC(=O)CN2CCCCC2)C2CC1S(=O)(=O)N2. The first kappa shape index (κ1) is 21.5. The molecule has 8 nitrogen and oxygen atoms in total. The van der Waals surface area contributed by atoms with Crippen LogP contribution in [0.2, 0.25) is 0 Å². The number of piperidine rings is 1. The molecule has 0 spiro atoms. The molecular weight excluding hydrogens is 384 g/mol. The zero-order chi connectivity index (χ0) is 20.5. The summed E-state index contributed by atoms with van der Waals surface area (Å²) in [5, 5.41) is -0.824. The summed E-state index contributed by atoms with van der Waals surface area (Å²) in [4.78, 5) is 27.2. The Bertz CT molecular complexity index is 701. The number of hydrogen-bond acceptors (Lipinski definition) is 7. The topological polar surface area (TPSA) is 102 Å². The molecule has 9 heteroatoms. The van der Waals surface area contributed by atoms with Crippen molar-refractivity contribution in [3.8, 4) is 0 Å².